The van der Waals surface area contributed by atoms with Gasteiger partial charge in [-0.15, -0.1) is 11.6 Å². The summed E-state index contributed by atoms with van der Waals surface area (Å²) in [6, 6.07) is 0. The van der Waals surface area contributed by atoms with Crippen molar-refractivity contribution in [1.29, 1.82) is 0 Å². The molecule has 0 spiro atoms. The van der Waals surface area contributed by atoms with Crippen molar-refractivity contribution in [3.63, 3.8) is 0 Å². The Balaban J connectivity index is 1.88. The van der Waals surface area contributed by atoms with E-state index in [-0.39, 0.29) is 37.5 Å². The zero-order valence-electron chi connectivity index (χ0n) is 13.9. The second-order valence-electron chi connectivity index (χ2n) is 5.85. The summed E-state index contributed by atoms with van der Waals surface area (Å²) in [7, 11) is 0. The van der Waals surface area contributed by atoms with Crippen LogP contribution < -0.4 is 0 Å². The third kappa shape index (κ3) is 11.4. The van der Waals surface area contributed by atoms with Gasteiger partial charge in [-0.3, -0.25) is 9.59 Å². The maximum Gasteiger partial charge on any atom is 0.306 e. The molecule has 0 radical (unpaired) electrons. The zero-order chi connectivity index (χ0) is 16.8. The Morgan fingerprint density at radius 1 is 0.957 bits per heavy atom. The molecule has 5 nitrogen and oxygen atoms in total. The van der Waals surface area contributed by atoms with Gasteiger partial charge in [0.25, 0.3) is 0 Å². The third-order valence-corrected chi connectivity index (χ3v) is 4.05. The van der Waals surface area contributed by atoms with E-state index in [4.69, 9.17) is 25.8 Å². The minimum atomic E-state index is -0.364. The minimum absolute atomic E-state index is 0.0235. The second-order valence-corrected chi connectivity index (χ2v) is 6.23. The monoisotopic (exact) mass is 348 g/mol. The topological polar surface area (TPSA) is 61.8 Å². The molecule has 0 aliphatic carbocycles. The molecule has 1 aliphatic rings. The molecule has 0 N–H and O–H groups in total. The van der Waals surface area contributed by atoms with Crippen LogP contribution in [0.25, 0.3) is 0 Å². The van der Waals surface area contributed by atoms with Crippen molar-refractivity contribution in [1.82, 2.24) is 0 Å². The first-order chi connectivity index (χ1) is 11.2. The van der Waals surface area contributed by atoms with E-state index in [1.807, 2.05) is 0 Å². The average Bonchev–Trinajstić information content (AvgIpc) is 3.07. The summed E-state index contributed by atoms with van der Waals surface area (Å²) in [6.07, 6.45) is 8.61. The summed E-state index contributed by atoms with van der Waals surface area (Å²) < 4.78 is 15.6. The van der Waals surface area contributed by atoms with Crippen LogP contribution in [0.4, 0.5) is 0 Å². The van der Waals surface area contributed by atoms with Gasteiger partial charge in [0.2, 0.25) is 0 Å². The number of carbonyl (C=O) groups excluding carboxylic acids is 2. The van der Waals surface area contributed by atoms with Gasteiger partial charge in [-0.05, 0) is 25.7 Å². The van der Waals surface area contributed by atoms with Crippen molar-refractivity contribution in [2.75, 3.05) is 25.7 Å². The Bertz CT molecular complexity index is 329. The Kier molecular flexibility index (Phi) is 12.0. The molecule has 0 aromatic rings. The number of alkyl halides is 1. The predicted octanol–water partition coefficient (Wildman–Crippen LogP) is 3.61. The first-order valence-electron chi connectivity index (χ1n) is 8.71. The van der Waals surface area contributed by atoms with E-state index in [0.717, 1.165) is 57.4 Å². The van der Waals surface area contributed by atoms with Crippen molar-refractivity contribution in [2.24, 2.45) is 0 Å². The van der Waals surface area contributed by atoms with Crippen LogP contribution in [0.3, 0.4) is 0 Å². The van der Waals surface area contributed by atoms with Crippen LogP contribution in [0.5, 0.6) is 0 Å². The van der Waals surface area contributed by atoms with Crippen LogP contribution in [0.1, 0.15) is 64.2 Å². The summed E-state index contributed by atoms with van der Waals surface area (Å²) >= 11 is 5.61. The van der Waals surface area contributed by atoms with Crippen molar-refractivity contribution in [2.45, 2.75) is 70.3 Å². The normalized spacial score (nSPS) is 17.2. The van der Waals surface area contributed by atoms with Crippen molar-refractivity contribution in [3.05, 3.63) is 0 Å². The number of esters is 2. The SMILES string of the molecule is O=C(CCC(=O)OCC1CCCO1)OCCCCCCCCCl. The van der Waals surface area contributed by atoms with Gasteiger partial charge in [0.15, 0.2) is 0 Å². The molecule has 1 fully saturated rings. The van der Waals surface area contributed by atoms with Crippen LogP contribution in [-0.2, 0) is 23.8 Å². The molecule has 23 heavy (non-hydrogen) atoms. The molecular weight excluding hydrogens is 320 g/mol. The van der Waals surface area contributed by atoms with E-state index in [0.29, 0.717) is 6.61 Å². The molecule has 1 unspecified atom stereocenters. The van der Waals surface area contributed by atoms with Gasteiger partial charge >= 0.3 is 11.9 Å². The number of carbonyl (C=O) groups is 2. The summed E-state index contributed by atoms with van der Waals surface area (Å²) in [5.74, 6) is 0.0335. The lowest BCUT2D eigenvalue weighted by Gasteiger charge is -2.10. The highest BCUT2D eigenvalue weighted by Crippen LogP contribution is 2.12. The number of hydrogen-bond donors (Lipinski definition) is 0. The predicted molar refractivity (Wildman–Crippen MR) is 88.5 cm³/mol. The number of ether oxygens (including phenoxy) is 3. The molecule has 1 heterocycles. The van der Waals surface area contributed by atoms with Gasteiger partial charge in [0.1, 0.15) is 6.61 Å². The lowest BCUT2D eigenvalue weighted by molar-refractivity contribution is -0.152. The molecular formula is C17H29ClO5. The highest BCUT2D eigenvalue weighted by atomic mass is 35.5. The Morgan fingerprint density at radius 2 is 1.61 bits per heavy atom. The third-order valence-electron chi connectivity index (χ3n) is 3.78. The van der Waals surface area contributed by atoms with Crippen molar-refractivity contribution < 1.29 is 23.8 Å². The molecule has 1 rings (SSSR count). The van der Waals surface area contributed by atoms with Gasteiger partial charge in [0, 0.05) is 12.5 Å². The Labute approximate surface area is 144 Å². The standard InChI is InChI=1S/C17H29ClO5/c18-11-5-3-1-2-4-6-12-22-16(19)9-10-17(20)23-14-15-8-7-13-21-15/h15H,1-14H2. The van der Waals surface area contributed by atoms with Gasteiger partial charge < -0.3 is 14.2 Å². The zero-order valence-corrected chi connectivity index (χ0v) is 14.7. The summed E-state index contributed by atoms with van der Waals surface area (Å²) in [4.78, 5) is 23.0. The molecule has 134 valence electrons. The van der Waals surface area contributed by atoms with E-state index in [9.17, 15) is 9.59 Å². The van der Waals surface area contributed by atoms with Crippen LogP contribution in [0.15, 0.2) is 0 Å². The van der Waals surface area contributed by atoms with Crippen LogP contribution in [-0.4, -0.2) is 43.7 Å². The van der Waals surface area contributed by atoms with Gasteiger partial charge in [0.05, 0.1) is 25.6 Å². The van der Waals surface area contributed by atoms with Crippen LogP contribution >= 0.6 is 11.6 Å². The summed E-state index contributed by atoms with van der Waals surface area (Å²) in [5.41, 5.74) is 0. The highest BCUT2D eigenvalue weighted by Gasteiger charge is 2.17. The van der Waals surface area contributed by atoms with E-state index in [1.165, 1.54) is 6.42 Å². The van der Waals surface area contributed by atoms with E-state index in [1.54, 1.807) is 0 Å². The fourth-order valence-electron chi connectivity index (χ4n) is 2.40. The number of hydrogen-bond acceptors (Lipinski definition) is 5. The van der Waals surface area contributed by atoms with Gasteiger partial charge in [-0.25, -0.2) is 0 Å². The first-order valence-corrected chi connectivity index (χ1v) is 9.24. The largest absolute Gasteiger partial charge is 0.466 e. The quantitative estimate of drug-likeness (QED) is 0.289. The molecule has 0 aromatic carbocycles. The van der Waals surface area contributed by atoms with Crippen LogP contribution in [0, 0.1) is 0 Å². The molecule has 0 bridgehead atoms. The Morgan fingerprint density at radius 3 is 2.26 bits per heavy atom. The minimum Gasteiger partial charge on any atom is -0.466 e. The fraction of sp³-hybridized carbons (Fsp3) is 0.882. The Hall–Kier alpha value is -0.810. The molecule has 1 aliphatic heterocycles. The van der Waals surface area contributed by atoms with Crippen molar-refractivity contribution in [3.8, 4) is 0 Å². The maximum absolute atomic E-state index is 11.5. The van der Waals surface area contributed by atoms with E-state index >= 15 is 0 Å². The van der Waals surface area contributed by atoms with E-state index < -0.39 is 0 Å². The number of halogens is 1. The molecule has 0 saturated carbocycles. The van der Waals surface area contributed by atoms with Gasteiger partial charge in [-0.2, -0.15) is 0 Å². The molecule has 1 atom stereocenters. The molecule has 0 aromatic heterocycles. The lowest BCUT2D eigenvalue weighted by atomic mass is 10.1. The first kappa shape index (κ1) is 20.2. The molecule has 6 heteroatoms. The highest BCUT2D eigenvalue weighted by molar-refractivity contribution is 6.17. The number of unbranched alkanes of at least 4 members (excludes halogenated alkanes) is 5. The second kappa shape index (κ2) is 13.6. The maximum atomic E-state index is 11.5. The summed E-state index contributed by atoms with van der Waals surface area (Å²) in [6.45, 7) is 1.46. The average molecular weight is 349 g/mol. The van der Waals surface area contributed by atoms with E-state index in [2.05, 4.69) is 0 Å². The van der Waals surface area contributed by atoms with Crippen molar-refractivity contribution >= 4 is 23.5 Å². The molecule has 1 saturated heterocycles. The summed E-state index contributed by atoms with van der Waals surface area (Å²) in [5, 5.41) is 0. The smallest absolute Gasteiger partial charge is 0.306 e. The fourth-order valence-corrected chi connectivity index (χ4v) is 2.59. The van der Waals surface area contributed by atoms with Crippen LogP contribution in [0.2, 0.25) is 0 Å². The molecule has 0 amide bonds. The van der Waals surface area contributed by atoms with Gasteiger partial charge in [-0.1, -0.05) is 25.7 Å². The number of rotatable bonds is 13. The lowest BCUT2D eigenvalue weighted by Crippen LogP contribution is -2.18.